The molecule has 0 bridgehead atoms. The average molecular weight is 579 g/mol. The van der Waals surface area contributed by atoms with E-state index in [2.05, 4.69) is 111 Å². The van der Waals surface area contributed by atoms with Gasteiger partial charge in [-0.25, -0.2) is 0 Å². The van der Waals surface area contributed by atoms with E-state index in [0.29, 0.717) is 6.60 Å². The van der Waals surface area contributed by atoms with Crippen molar-refractivity contribution in [1.29, 1.82) is 0 Å². The van der Waals surface area contributed by atoms with Crippen molar-refractivity contribution in [1.82, 2.24) is 0 Å². The molecule has 0 aliphatic heterocycles. The molecule has 0 rings (SSSR count). The van der Waals surface area contributed by atoms with Crippen molar-refractivity contribution in [3.05, 3.63) is 0 Å². The van der Waals surface area contributed by atoms with Crippen LogP contribution in [0.2, 0.25) is 12.6 Å². The van der Waals surface area contributed by atoms with Crippen LogP contribution < -0.4 is 28.7 Å². The van der Waals surface area contributed by atoms with Gasteiger partial charge in [0.25, 0.3) is 0 Å². The Hall–Kier alpha value is 0.514. The summed E-state index contributed by atoms with van der Waals surface area (Å²) in [7, 11) is 33.8. The molecule has 239 valence electrons. The summed E-state index contributed by atoms with van der Waals surface area (Å²) in [5.74, 6) is 0. The molecule has 0 aliphatic rings. The summed E-state index contributed by atoms with van der Waals surface area (Å²) in [4.78, 5) is 0. The first-order chi connectivity index (χ1) is 18.6. The molecule has 0 saturated heterocycles. The van der Waals surface area contributed by atoms with E-state index in [0.717, 1.165) is 13.1 Å². The van der Waals surface area contributed by atoms with Gasteiger partial charge in [-0.2, -0.15) is 0 Å². The van der Waals surface area contributed by atoms with E-state index >= 15 is 0 Å². The molecule has 0 amide bonds. The summed E-state index contributed by atoms with van der Waals surface area (Å²) in [5.41, 5.74) is 23.2. The molecular formula is C26H77B11N5. The van der Waals surface area contributed by atoms with Crippen molar-refractivity contribution < 1.29 is 0 Å². The van der Waals surface area contributed by atoms with Crippen molar-refractivity contribution in [3.63, 3.8) is 0 Å². The standard InChI is InChI=1S/C6H14B3.3C4H10.2C2H7N.3CH5N.CH4.B4.B2.2B/c1-3-5-9(8-7)6-4-2;3*1-3-4-2;2*1-2-3;3*1-2;;1-4(2)3;1-2;;/h3-6H2,1-2H3;3*3-4H2,1-2H3;2*2-3H2,1H3;3*2H2,1H3;1H4;;;;. The lowest BCUT2D eigenvalue weighted by atomic mass is 9.08. The second kappa shape index (κ2) is 179. The van der Waals surface area contributed by atoms with Crippen molar-refractivity contribution in [2.45, 2.75) is 141 Å². The van der Waals surface area contributed by atoms with Crippen LogP contribution in [0.4, 0.5) is 0 Å². The normalized spacial score (nSPS) is 6.05. The number of hydrogen-bond donors (Lipinski definition) is 5. The summed E-state index contributed by atoms with van der Waals surface area (Å²) in [5, 5.41) is 0. The molecule has 0 aromatic carbocycles. The number of rotatable bonds is 8. The van der Waals surface area contributed by atoms with E-state index in [1.807, 2.05) is 20.9 Å². The van der Waals surface area contributed by atoms with E-state index in [-0.39, 0.29) is 24.3 Å². The Kier molecular flexibility index (Phi) is 384. The largest absolute Gasteiger partial charge is 0.333 e. The van der Waals surface area contributed by atoms with Crippen LogP contribution in [0, 0.1) is 0 Å². The van der Waals surface area contributed by atoms with E-state index in [1.165, 1.54) is 85.1 Å². The molecule has 16 heteroatoms. The maximum Gasteiger partial charge on any atom is 0.0904 e. The molecule has 5 nitrogen and oxygen atoms in total. The Morgan fingerprint density at radius 2 is 0.595 bits per heavy atom. The third-order valence-corrected chi connectivity index (χ3v) is 3.09. The lowest BCUT2D eigenvalue weighted by Gasteiger charge is -2.06. The molecule has 42 heavy (non-hydrogen) atoms. The van der Waals surface area contributed by atoms with Crippen LogP contribution in [0.1, 0.15) is 128 Å². The smallest absolute Gasteiger partial charge is 0.0904 e. The van der Waals surface area contributed by atoms with Crippen molar-refractivity contribution in [2.24, 2.45) is 28.7 Å². The zero-order chi connectivity index (χ0) is 34.3. The molecule has 0 saturated carbocycles. The van der Waals surface area contributed by atoms with E-state index in [9.17, 15) is 0 Å². The first-order valence-electron chi connectivity index (χ1n) is 14.9. The van der Waals surface area contributed by atoms with Crippen molar-refractivity contribution >= 4 is 83.3 Å². The first-order valence-corrected chi connectivity index (χ1v) is 14.9. The van der Waals surface area contributed by atoms with Gasteiger partial charge >= 0.3 is 0 Å². The van der Waals surface area contributed by atoms with Gasteiger partial charge in [0.2, 0.25) is 0 Å². The van der Waals surface area contributed by atoms with Gasteiger partial charge in [-0.15, -0.1) is 0 Å². The highest BCUT2D eigenvalue weighted by Gasteiger charge is 2.06. The lowest BCUT2D eigenvalue weighted by Crippen LogP contribution is -2.21. The summed E-state index contributed by atoms with van der Waals surface area (Å²) < 4.78 is 0. The van der Waals surface area contributed by atoms with Crippen LogP contribution in [0.3, 0.4) is 0 Å². The van der Waals surface area contributed by atoms with Gasteiger partial charge in [0.05, 0.1) is 6.60 Å². The Bertz CT molecular complexity index is 188. The summed E-state index contributed by atoms with van der Waals surface area (Å²) >= 11 is 0. The minimum atomic E-state index is -0.667. The Morgan fingerprint density at radius 1 is 0.476 bits per heavy atom. The highest BCUT2D eigenvalue weighted by Crippen LogP contribution is 2.02. The summed E-state index contributed by atoms with van der Waals surface area (Å²) in [6, 6.07) is 0. The van der Waals surface area contributed by atoms with E-state index < -0.39 is 6.39 Å². The monoisotopic (exact) mass is 581 g/mol. The Labute approximate surface area is 286 Å². The van der Waals surface area contributed by atoms with Gasteiger partial charge in [-0.3, -0.25) is 0 Å². The van der Waals surface area contributed by atoms with Crippen LogP contribution >= 0.6 is 0 Å². The van der Waals surface area contributed by atoms with Crippen LogP contribution in [0.15, 0.2) is 0 Å². The lowest BCUT2D eigenvalue weighted by molar-refractivity contribution is 0.886. The molecule has 19 radical (unpaired) electrons. The number of unbranched alkanes of at least 4 members (excludes halogenated alkanes) is 3. The fourth-order valence-corrected chi connectivity index (χ4v) is 1.08. The second-order valence-corrected chi connectivity index (χ2v) is 6.92. The van der Waals surface area contributed by atoms with Gasteiger partial charge in [0.1, 0.15) is 0 Å². The second-order valence-electron chi connectivity index (χ2n) is 6.92. The third kappa shape index (κ3) is 477. The molecule has 0 heterocycles. The van der Waals surface area contributed by atoms with Gasteiger partial charge in [-0.05, 0) is 34.2 Å². The zero-order valence-electron chi connectivity index (χ0n) is 30.7. The molecule has 10 N–H and O–H groups in total. The van der Waals surface area contributed by atoms with Crippen LogP contribution in [0.25, 0.3) is 0 Å². The van der Waals surface area contributed by atoms with Crippen LogP contribution in [-0.4, -0.2) is 118 Å². The quantitative estimate of drug-likeness (QED) is 0.282. The minimum Gasteiger partial charge on any atom is -0.333 e. The fraction of sp³-hybridized carbons (Fsp3) is 1.00. The molecule has 0 aromatic heterocycles. The Morgan fingerprint density at radius 3 is 0.643 bits per heavy atom. The van der Waals surface area contributed by atoms with Gasteiger partial charge in [0, 0.05) is 76.7 Å². The highest BCUT2D eigenvalue weighted by molar-refractivity contribution is 7.49. The molecule has 0 aromatic rings. The molecule has 0 fully saturated rings. The Balaban J connectivity index is -0.0000000178. The minimum absolute atomic E-state index is 0. The van der Waals surface area contributed by atoms with Crippen molar-refractivity contribution in [2.75, 3.05) is 34.2 Å². The van der Waals surface area contributed by atoms with E-state index in [4.69, 9.17) is 19.2 Å². The summed E-state index contributed by atoms with van der Waals surface area (Å²) in [6.07, 6.45) is 12.3. The van der Waals surface area contributed by atoms with Gasteiger partial charge in [0.15, 0.2) is 0 Å². The van der Waals surface area contributed by atoms with Crippen molar-refractivity contribution in [3.8, 4) is 0 Å². The molecule has 0 spiro atoms. The van der Waals surface area contributed by atoms with Gasteiger partial charge in [-0.1, -0.05) is 141 Å². The predicted molar refractivity (Wildman–Crippen MR) is 222 cm³/mol. The average Bonchev–Trinajstić information content (AvgIpc) is 2.98. The zero-order valence-corrected chi connectivity index (χ0v) is 30.7. The first kappa shape index (κ1) is 90.1. The third-order valence-electron chi connectivity index (χ3n) is 3.09. The highest BCUT2D eigenvalue weighted by atomic mass is 14.5. The summed E-state index contributed by atoms with van der Waals surface area (Å²) in [6.45, 7) is 23.5. The van der Waals surface area contributed by atoms with Gasteiger partial charge < -0.3 is 28.7 Å². The topological polar surface area (TPSA) is 130 Å². The molecule has 0 atom stereocenters. The maximum atomic E-state index is 5.42. The SMILES string of the molecule is C.CCCC.CCCC.CCCC.CCN.CCN.CN.CN.CN.[B].[B].[B]B([B])[B].[B][B].[B][B]B(CCC)CCC. The fourth-order valence-electron chi connectivity index (χ4n) is 1.08. The van der Waals surface area contributed by atoms with E-state index in [1.54, 1.807) is 0 Å². The van der Waals surface area contributed by atoms with Crippen LogP contribution in [-0.2, 0) is 0 Å². The maximum absolute atomic E-state index is 5.42. The number of nitrogens with two attached hydrogens (primary N) is 5. The molecular weight excluding hydrogens is 501 g/mol. The molecule has 0 unspecified atom stereocenters. The predicted octanol–water partition coefficient (Wildman–Crippen LogP) is 3.25. The van der Waals surface area contributed by atoms with Crippen LogP contribution in [0.5, 0.6) is 0 Å². The molecule has 0 aliphatic carbocycles. The number of hydrogen-bond acceptors (Lipinski definition) is 5.